The zero-order valence-electron chi connectivity index (χ0n) is 10.3. The van der Waals surface area contributed by atoms with Crippen molar-refractivity contribution in [2.75, 3.05) is 5.73 Å². The maximum Gasteiger partial charge on any atom is 0.187 e. The van der Waals surface area contributed by atoms with Crippen LogP contribution in [0.4, 0.5) is 5.69 Å². The van der Waals surface area contributed by atoms with Crippen LogP contribution < -0.4 is 5.73 Å². The fraction of sp³-hybridized carbons (Fsp3) is 0.154. The molecule has 5 nitrogen and oxygen atoms in total. The largest absolute Gasteiger partial charge is 0.398 e. The van der Waals surface area contributed by atoms with Crippen LogP contribution in [0.5, 0.6) is 0 Å². The summed E-state index contributed by atoms with van der Waals surface area (Å²) in [5.41, 5.74) is 10.6. The Bertz CT molecular complexity index is 729. The molecule has 2 aromatic heterocycles. The fourth-order valence-electron chi connectivity index (χ4n) is 2.08. The van der Waals surface area contributed by atoms with Crippen molar-refractivity contribution in [3.05, 3.63) is 41.6 Å². The SMILES string of the molecule is Cc1cc(C)c(N)c(-c2nnc3cccnn23)c1. The molecule has 90 valence electrons. The molecule has 5 heteroatoms. The molecule has 0 aliphatic rings. The summed E-state index contributed by atoms with van der Waals surface area (Å²) in [6, 6.07) is 7.75. The van der Waals surface area contributed by atoms with Gasteiger partial charge in [-0.15, -0.1) is 10.2 Å². The van der Waals surface area contributed by atoms with Crippen molar-refractivity contribution in [3.63, 3.8) is 0 Å². The lowest BCUT2D eigenvalue weighted by Crippen LogP contribution is -1.99. The topological polar surface area (TPSA) is 69.1 Å². The van der Waals surface area contributed by atoms with E-state index in [1.165, 1.54) is 0 Å². The fourth-order valence-corrected chi connectivity index (χ4v) is 2.08. The molecule has 0 bridgehead atoms. The number of hydrogen-bond acceptors (Lipinski definition) is 4. The number of benzene rings is 1. The van der Waals surface area contributed by atoms with Gasteiger partial charge in [0.2, 0.25) is 0 Å². The molecule has 0 aliphatic heterocycles. The molecule has 0 radical (unpaired) electrons. The van der Waals surface area contributed by atoms with Gasteiger partial charge in [0, 0.05) is 17.4 Å². The van der Waals surface area contributed by atoms with Crippen LogP contribution in [0.2, 0.25) is 0 Å². The number of nitrogens with two attached hydrogens (primary N) is 1. The first kappa shape index (κ1) is 10.7. The van der Waals surface area contributed by atoms with Gasteiger partial charge in [-0.05, 0) is 43.2 Å². The maximum absolute atomic E-state index is 6.12. The van der Waals surface area contributed by atoms with Gasteiger partial charge < -0.3 is 5.73 Å². The lowest BCUT2D eigenvalue weighted by molar-refractivity contribution is 0.935. The lowest BCUT2D eigenvalue weighted by Gasteiger charge is -2.08. The van der Waals surface area contributed by atoms with Crippen molar-refractivity contribution >= 4 is 11.3 Å². The van der Waals surface area contributed by atoms with Gasteiger partial charge in [-0.25, -0.2) is 0 Å². The third kappa shape index (κ3) is 1.52. The van der Waals surface area contributed by atoms with E-state index >= 15 is 0 Å². The molecule has 18 heavy (non-hydrogen) atoms. The summed E-state index contributed by atoms with van der Waals surface area (Å²) in [7, 11) is 0. The molecule has 2 heterocycles. The van der Waals surface area contributed by atoms with E-state index in [1.54, 1.807) is 10.7 Å². The Kier molecular flexibility index (Phi) is 2.26. The first-order valence-electron chi connectivity index (χ1n) is 5.70. The maximum atomic E-state index is 6.12. The number of aromatic nitrogens is 4. The minimum atomic E-state index is 0.676. The minimum absolute atomic E-state index is 0.676. The second-order valence-electron chi connectivity index (χ2n) is 4.36. The Labute approximate surface area is 104 Å². The summed E-state index contributed by atoms with van der Waals surface area (Å²) in [6.07, 6.45) is 1.71. The molecule has 0 saturated carbocycles. The monoisotopic (exact) mass is 239 g/mol. The number of aryl methyl sites for hydroxylation is 2. The Hall–Kier alpha value is -2.43. The van der Waals surface area contributed by atoms with Crippen molar-refractivity contribution in [1.82, 2.24) is 19.8 Å². The Balaban J connectivity index is 2.33. The van der Waals surface area contributed by atoms with Crippen LogP contribution in [-0.4, -0.2) is 19.8 Å². The van der Waals surface area contributed by atoms with Crippen LogP contribution in [0.3, 0.4) is 0 Å². The van der Waals surface area contributed by atoms with Crippen molar-refractivity contribution in [1.29, 1.82) is 0 Å². The van der Waals surface area contributed by atoms with Gasteiger partial charge in [0.25, 0.3) is 0 Å². The van der Waals surface area contributed by atoms with Gasteiger partial charge in [0.1, 0.15) is 0 Å². The van der Waals surface area contributed by atoms with Gasteiger partial charge in [-0.3, -0.25) is 0 Å². The second-order valence-corrected chi connectivity index (χ2v) is 4.36. The van der Waals surface area contributed by atoms with E-state index in [0.29, 0.717) is 11.5 Å². The van der Waals surface area contributed by atoms with Gasteiger partial charge in [0.15, 0.2) is 11.5 Å². The third-order valence-electron chi connectivity index (χ3n) is 2.95. The van der Waals surface area contributed by atoms with Crippen LogP contribution >= 0.6 is 0 Å². The zero-order valence-corrected chi connectivity index (χ0v) is 10.3. The molecule has 0 saturated heterocycles. The highest BCUT2D eigenvalue weighted by Gasteiger charge is 2.13. The van der Waals surface area contributed by atoms with E-state index < -0.39 is 0 Å². The number of rotatable bonds is 1. The van der Waals surface area contributed by atoms with E-state index in [-0.39, 0.29) is 0 Å². The van der Waals surface area contributed by atoms with Crippen molar-refractivity contribution < 1.29 is 0 Å². The summed E-state index contributed by atoms with van der Waals surface area (Å²) in [5, 5.41) is 12.5. The third-order valence-corrected chi connectivity index (χ3v) is 2.95. The molecule has 3 rings (SSSR count). The van der Waals surface area contributed by atoms with E-state index in [4.69, 9.17) is 5.73 Å². The number of anilines is 1. The van der Waals surface area contributed by atoms with Crippen molar-refractivity contribution in [3.8, 4) is 11.4 Å². The second kappa shape index (κ2) is 3.80. The number of nitrogen functional groups attached to an aromatic ring is 1. The molecule has 0 aliphatic carbocycles. The molecule has 0 fully saturated rings. The summed E-state index contributed by atoms with van der Waals surface area (Å²) < 4.78 is 1.70. The molecular formula is C13H13N5. The zero-order chi connectivity index (χ0) is 12.7. The van der Waals surface area contributed by atoms with Gasteiger partial charge in [-0.1, -0.05) is 6.07 Å². The highest BCUT2D eigenvalue weighted by atomic mass is 15.4. The Morgan fingerprint density at radius 3 is 2.83 bits per heavy atom. The Morgan fingerprint density at radius 2 is 2.00 bits per heavy atom. The molecule has 0 unspecified atom stereocenters. The smallest absolute Gasteiger partial charge is 0.187 e. The highest BCUT2D eigenvalue weighted by molar-refractivity contribution is 5.76. The molecule has 0 atom stereocenters. The molecular weight excluding hydrogens is 226 g/mol. The molecule has 1 aromatic carbocycles. The first-order valence-corrected chi connectivity index (χ1v) is 5.70. The Morgan fingerprint density at radius 1 is 1.17 bits per heavy atom. The summed E-state index contributed by atoms with van der Waals surface area (Å²) in [5.74, 6) is 0.676. The summed E-state index contributed by atoms with van der Waals surface area (Å²) >= 11 is 0. The van der Waals surface area contributed by atoms with Gasteiger partial charge in [0.05, 0.1) is 0 Å². The first-order chi connectivity index (χ1) is 8.66. The average molecular weight is 239 g/mol. The number of nitrogens with zero attached hydrogens (tertiary/aromatic N) is 4. The predicted molar refractivity (Wildman–Crippen MR) is 70.1 cm³/mol. The van der Waals surface area contributed by atoms with E-state index in [9.17, 15) is 0 Å². The van der Waals surface area contributed by atoms with E-state index in [2.05, 4.69) is 21.4 Å². The molecule has 2 N–H and O–H groups in total. The summed E-state index contributed by atoms with van der Waals surface area (Å²) in [4.78, 5) is 0. The van der Waals surface area contributed by atoms with Crippen LogP contribution in [0, 0.1) is 13.8 Å². The van der Waals surface area contributed by atoms with Crippen LogP contribution in [0.25, 0.3) is 17.0 Å². The van der Waals surface area contributed by atoms with E-state index in [0.717, 1.165) is 22.4 Å². The quantitative estimate of drug-likeness (QED) is 0.659. The van der Waals surface area contributed by atoms with Gasteiger partial charge >= 0.3 is 0 Å². The molecule has 3 aromatic rings. The lowest BCUT2D eigenvalue weighted by atomic mass is 10.0. The van der Waals surface area contributed by atoms with Crippen molar-refractivity contribution in [2.45, 2.75) is 13.8 Å². The van der Waals surface area contributed by atoms with Crippen LogP contribution in [-0.2, 0) is 0 Å². The highest BCUT2D eigenvalue weighted by Crippen LogP contribution is 2.28. The average Bonchev–Trinajstić information content (AvgIpc) is 2.77. The van der Waals surface area contributed by atoms with Crippen LogP contribution in [0.1, 0.15) is 11.1 Å². The van der Waals surface area contributed by atoms with Crippen molar-refractivity contribution in [2.24, 2.45) is 0 Å². The summed E-state index contributed by atoms with van der Waals surface area (Å²) in [6.45, 7) is 4.02. The normalized spacial score (nSPS) is 11.0. The number of fused-ring (bicyclic) bond motifs is 1. The predicted octanol–water partition coefficient (Wildman–Crippen LogP) is 1.99. The molecule has 0 amide bonds. The van der Waals surface area contributed by atoms with Gasteiger partial charge in [-0.2, -0.15) is 9.61 Å². The van der Waals surface area contributed by atoms with E-state index in [1.807, 2.05) is 32.0 Å². The minimum Gasteiger partial charge on any atom is -0.398 e. The van der Waals surface area contributed by atoms with Crippen LogP contribution in [0.15, 0.2) is 30.5 Å². The standard InChI is InChI=1S/C13H13N5/c1-8-6-9(2)12(14)10(7-8)13-17-16-11-4-3-5-15-18(11)13/h3-7H,14H2,1-2H3. The number of hydrogen-bond donors (Lipinski definition) is 1. The molecule has 0 spiro atoms.